The van der Waals surface area contributed by atoms with Crippen molar-refractivity contribution in [3.05, 3.63) is 36.4 Å². The van der Waals surface area contributed by atoms with Gasteiger partial charge in [-0.1, -0.05) is 19.1 Å². The van der Waals surface area contributed by atoms with Crippen LogP contribution in [0.25, 0.3) is 0 Å². The molecule has 0 bridgehead atoms. The minimum Gasteiger partial charge on any atom is -0.290 e. The van der Waals surface area contributed by atoms with Crippen molar-refractivity contribution in [1.82, 2.24) is 9.97 Å². The van der Waals surface area contributed by atoms with Gasteiger partial charge in [0.1, 0.15) is 0 Å². The molecule has 1 aromatic rings. The highest BCUT2D eigenvalue weighted by molar-refractivity contribution is 5.95. The number of nitrogens with zero attached hydrogens (tertiary/aromatic N) is 2. The van der Waals surface area contributed by atoms with Crippen LogP contribution in [0.3, 0.4) is 0 Å². The molecular weight excluding hydrogens is 164 g/mol. The van der Waals surface area contributed by atoms with Crippen molar-refractivity contribution in [3.63, 3.8) is 0 Å². The van der Waals surface area contributed by atoms with E-state index in [1.807, 2.05) is 26.0 Å². The maximum atomic E-state index is 11.6. The lowest BCUT2D eigenvalue weighted by Crippen LogP contribution is -2.12. The van der Waals surface area contributed by atoms with E-state index in [1.54, 1.807) is 18.5 Å². The molecule has 0 amide bonds. The molecule has 0 N–H and O–H groups in total. The van der Waals surface area contributed by atoms with Crippen molar-refractivity contribution >= 4 is 5.78 Å². The minimum atomic E-state index is -0.146. The van der Waals surface area contributed by atoms with E-state index in [9.17, 15) is 4.79 Å². The Morgan fingerprint density at radius 3 is 2.62 bits per heavy atom. The molecule has 3 nitrogen and oxygen atoms in total. The number of carbonyl (C=O) groups is 1. The number of Topliss-reactive ketones (excluding diaryl/α,β-unsaturated/α-hetero) is 1. The van der Waals surface area contributed by atoms with Crippen molar-refractivity contribution < 1.29 is 4.79 Å². The summed E-state index contributed by atoms with van der Waals surface area (Å²) >= 11 is 0. The van der Waals surface area contributed by atoms with E-state index < -0.39 is 0 Å². The molecule has 1 heterocycles. The van der Waals surface area contributed by atoms with Crippen LogP contribution in [-0.4, -0.2) is 15.8 Å². The van der Waals surface area contributed by atoms with Gasteiger partial charge in [-0.05, 0) is 13.0 Å². The Balaban J connectivity index is 2.80. The van der Waals surface area contributed by atoms with Crippen LogP contribution in [0.1, 0.15) is 24.5 Å². The summed E-state index contributed by atoms with van der Waals surface area (Å²) in [6.07, 6.45) is 6.83. The number of rotatable bonds is 3. The Morgan fingerprint density at radius 2 is 2.08 bits per heavy atom. The number of hydrogen-bond donors (Lipinski definition) is 0. The molecule has 0 saturated carbocycles. The zero-order valence-corrected chi connectivity index (χ0v) is 7.77. The summed E-state index contributed by atoms with van der Waals surface area (Å²) in [5, 5.41) is 0. The summed E-state index contributed by atoms with van der Waals surface area (Å²) < 4.78 is 0. The van der Waals surface area contributed by atoms with Crippen LogP contribution in [0.2, 0.25) is 0 Å². The average molecular weight is 176 g/mol. The zero-order chi connectivity index (χ0) is 9.68. The maximum Gasteiger partial charge on any atom is 0.206 e. The maximum absolute atomic E-state index is 11.6. The molecule has 68 valence electrons. The van der Waals surface area contributed by atoms with Gasteiger partial charge in [0.25, 0.3) is 0 Å². The number of allylic oxidation sites excluding steroid dienone is 2. The van der Waals surface area contributed by atoms with Crippen LogP contribution < -0.4 is 0 Å². The molecule has 0 aromatic carbocycles. The topological polar surface area (TPSA) is 42.9 Å². The van der Waals surface area contributed by atoms with Crippen molar-refractivity contribution in [2.24, 2.45) is 5.92 Å². The van der Waals surface area contributed by atoms with E-state index in [1.165, 1.54) is 0 Å². The van der Waals surface area contributed by atoms with Crippen molar-refractivity contribution in [1.29, 1.82) is 0 Å². The molecule has 0 unspecified atom stereocenters. The van der Waals surface area contributed by atoms with Crippen LogP contribution in [0.5, 0.6) is 0 Å². The van der Waals surface area contributed by atoms with Crippen molar-refractivity contribution in [2.45, 2.75) is 13.8 Å². The van der Waals surface area contributed by atoms with Gasteiger partial charge < -0.3 is 0 Å². The molecule has 3 heteroatoms. The molecule has 1 atom stereocenters. The highest BCUT2D eigenvalue weighted by atomic mass is 16.1. The SMILES string of the molecule is C/C=C/[C@@H](C)C(=O)c1ncccn1. The first-order valence-corrected chi connectivity index (χ1v) is 4.19. The van der Waals surface area contributed by atoms with Crippen molar-refractivity contribution in [2.75, 3.05) is 0 Å². The van der Waals surface area contributed by atoms with Crippen LogP contribution in [0.4, 0.5) is 0 Å². The fraction of sp³-hybridized carbons (Fsp3) is 0.300. The van der Waals surface area contributed by atoms with Crippen LogP contribution in [0, 0.1) is 5.92 Å². The Bertz CT molecular complexity index is 306. The fourth-order valence-electron chi connectivity index (χ4n) is 1.01. The zero-order valence-electron chi connectivity index (χ0n) is 7.77. The van der Waals surface area contributed by atoms with Gasteiger partial charge in [-0.2, -0.15) is 0 Å². The van der Waals surface area contributed by atoms with Gasteiger partial charge in [0.2, 0.25) is 5.78 Å². The lowest BCUT2D eigenvalue weighted by molar-refractivity contribution is 0.0942. The summed E-state index contributed by atoms with van der Waals surface area (Å²) in [6.45, 7) is 3.72. The normalized spacial score (nSPS) is 13.1. The van der Waals surface area contributed by atoms with Gasteiger partial charge in [-0.15, -0.1) is 0 Å². The van der Waals surface area contributed by atoms with Gasteiger partial charge in [0.15, 0.2) is 5.82 Å². The summed E-state index contributed by atoms with van der Waals surface area (Å²) in [5.74, 6) is 0.0965. The Morgan fingerprint density at radius 1 is 1.46 bits per heavy atom. The van der Waals surface area contributed by atoms with Crippen LogP contribution >= 0.6 is 0 Å². The monoisotopic (exact) mass is 176 g/mol. The number of aromatic nitrogens is 2. The molecule has 0 aliphatic heterocycles. The summed E-state index contributed by atoms with van der Waals surface area (Å²) in [5.41, 5.74) is 0. The highest BCUT2D eigenvalue weighted by Crippen LogP contribution is 2.04. The van der Waals surface area contributed by atoms with E-state index >= 15 is 0 Å². The molecule has 1 rings (SSSR count). The molecule has 0 saturated heterocycles. The Hall–Kier alpha value is -1.51. The number of ketones is 1. The predicted octanol–water partition coefficient (Wildman–Crippen LogP) is 1.87. The smallest absolute Gasteiger partial charge is 0.206 e. The molecule has 13 heavy (non-hydrogen) atoms. The van der Waals surface area contributed by atoms with Crippen molar-refractivity contribution in [3.8, 4) is 0 Å². The first-order valence-electron chi connectivity index (χ1n) is 4.19. The second-order valence-corrected chi connectivity index (χ2v) is 2.75. The summed E-state index contributed by atoms with van der Waals surface area (Å²) in [4.78, 5) is 19.3. The minimum absolute atomic E-state index is 0.0429. The van der Waals surface area contributed by atoms with Crippen LogP contribution in [0.15, 0.2) is 30.6 Å². The molecule has 0 fully saturated rings. The van der Waals surface area contributed by atoms with Crippen LogP contribution in [-0.2, 0) is 0 Å². The largest absolute Gasteiger partial charge is 0.290 e. The molecular formula is C10H12N2O. The lowest BCUT2D eigenvalue weighted by Gasteiger charge is -2.02. The Kier molecular flexibility index (Phi) is 3.31. The molecule has 1 aromatic heterocycles. The summed E-state index contributed by atoms with van der Waals surface area (Å²) in [6, 6.07) is 1.69. The van der Waals surface area contributed by atoms with Gasteiger partial charge in [0, 0.05) is 18.3 Å². The standard InChI is InChI=1S/C10H12N2O/c1-3-5-8(2)9(13)10-11-6-4-7-12-10/h3-8H,1-2H3/b5-3+/t8-/m1/s1. The van der Waals surface area contributed by atoms with Gasteiger partial charge in [-0.25, -0.2) is 9.97 Å². The van der Waals surface area contributed by atoms with E-state index in [0.29, 0.717) is 0 Å². The third-order valence-corrected chi connectivity index (χ3v) is 1.68. The van der Waals surface area contributed by atoms with E-state index in [2.05, 4.69) is 9.97 Å². The molecule has 0 aliphatic carbocycles. The van der Waals surface area contributed by atoms with E-state index in [4.69, 9.17) is 0 Å². The number of hydrogen-bond acceptors (Lipinski definition) is 3. The molecule has 0 spiro atoms. The third kappa shape index (κ3) is 2.47. The quantitative estimate of drug-likeness (QED) is 0.521. The first-order chi connectivity index (χ1) is 6.25. The van der Waals surface area contributed by atoms with Gasteiger partial charge in [-0.3, -0.25) is 4.79 Å². The fourth-order valence-corrected chi connectivity index (χ4v) is 1.01. The van der Waals surface area contributed by atoms with E-state index in [0.717, 1.165) is 0 Å². The van der Waals surface area contributed by atoms with E-state index in [-0.39, 0.29) is 17.5 Å². The van der Waals surface area contributed by atoms with Gasteiger partial charge >= 0.3 is 0 Å². The van der Waals surface area contributed by atoms with Gasteiger partial charge in [0.05, 0.1) is 0 Å². The molecule has 0 radical (unpaired) electrons. The molecule has 0 aliphatic rings. The number of carbonyl (C=O) groups excluding carboxylic acids is 1. The predicted molar refractivity (Wildman–Crippen MR) is 50.3 cm³/mol. The second-order valence-electron chi connectivity index (χ2n) is 2.75. The average Bonchev–Trinajstić information content (AvgIpc) is 2.18. The lowest BCUT2D eigenvalue weighted by atomic mass is 10.1. The highest BCUT2D eigenvalue weighted by Gasteiger charge is 2.13. The third-order valence-electron chi connectivity index (χ3n) is 1.68. The second kappa shape index (κ2) is 4.50. The first kappa shape index (κ1) is 9.58. The Labute approximate surface area is 77.5 Å². The summed E-state index contributed by atoms with van der Waals surface area (Å²) in [7, 11) is 0.